The van der Waals surface area contributed by atoms with Crippen LogP contribution in [0.25, 0.3) is 0 Å². The standard InChI is InChI=1S/C17H20N2O6S/c1-23-14-5-3-2-4-13(14)12-18-17(20)15-6-7-16(25-15)26(21,22)19-8-10-24-11-9-19/h2-7H,8-12H2,1H3,(H,18,20). The van der Waals surface area contributed by atoms with Crippen LogP contribution >= 0.6 is 0 Å². The molecule has 26 heavy (non-hydrogen) atoms. The second kappa shape index (κ2) is 7.90. The van der Waals surface area contributed by atoms with Gasteiger partial charge in [0, 0.05) is 25.2 Å². The number of ether oxygens (including phenoxy) is 2. The number of carbonyl (C=O) groups is 1. The molecule has 0 spiro atoms. The predicted octanol–water partition coefficient (Wildman–Crippen LogP) is 1.24. The second-order valence-corrected chi connectivity index (χ2v) is 7.50. The van der Waals surface area contributed by atoms with Crippen molar-refractivity contribution in [2.75, 3.05) is 33.4 Å². The van der Waals surface area contributed by atoms with Gasteiger partial charge >= 0.3 is 0 Å². The number of hydrogen-bond donors (Lipinski definition) is 1. The molecule has 1 aromatic heterocycles. The fourth-order valence-corrected chi connectivity index (χ4v) is 3.93. The minimum atomic E-state index is -3.77. The number of methoxy groups -OCH3 is 1. The Balaban J connectivity index is 1.68. The number of morpholine rings is 1. The normalized spacial score (nSPS) is 15.6. The van der Waals surface area contributed by atoms with E-state index in [2.05, 4.69) is 5.32 Å². The number of rotatable bonds is 6. The maximum atomic E-state index is 12.5. The number of hydrogen-bond acceptors (Lipinski definition) is 6. The zero-order valence-corrected chi connectivity index (χ0v) is 15.1. The van der Waals surface area contributed by atoms with Gasteiger partial charge < -0.3 is 19.2 Å². The molecule has 1 aliphatic heterocycles. The van der Waals surface area contributed by atoms with Gasteiger partial charge in [-0.1, -0.05) is 18.2 Å². The molecule has 0 bridgehead atoms. The fraction of sp³-hybridized carbons (Fsp3) is 0.353. The van der Waals surface area contributed by atoms with Gasteiger partial charge in [0.1, 0.15) is 5.75 Å². The van der Waals surface area contributed by atoms with Crippen molar-refractivity contribution in [2.24, 2.45) is 0 Å². The number of para-hydroxylation sites is 1. The van der Waals surface area contributed by atoms with Crippen molar-refractivity contribution in [3.05, 3.63) is 47.7 Å². The van der Waals surface area contributed by atoms with Crippen LogP contribution in [0.1, 0.15) is 16.1 Å². The van der Waals surface area contributed by atoms with E-state index in [0.717, 1.165) is 5.56 Å². The van der Waals surface area contributed by atoms with Crippen molar-refractivity contribution in [3.63, 3.8) is 0 Å². The highest BCUT2D eigenvalue weighted by molar-refractivity contribution is 7.89. The van der Waals surface area contributed by atoms with Crippen LogP contribution in [-0.2, 0) is 21.3 Å². The second-order valence-electron chi connectivity index (χ2n) is 5.63. The molecule has 0 unspecified atom stereocenters. The molecular weight excluding hydrogens is 360 g/mol. The van der Waals surface area contributed by atoms with Crippen molar-refractivity contribution >= 4 is 15.9 Å². The Kier molecular flexibility index (Phi) is 5.60. The minimum absolute atomic E-state index is 0.0632. The summed E-state index contributed by atoms with van der Waals surface area (Å²) in [5, 5.41) is 2.44. The molecular formula is C17H20N2O6S. The molecule has 0 radical (unpaired) electrons. The zero-order valence-electron chi connectivity index (χ0n) is 14.3. The molecule has 2 heterocycles. The summed E-state index contributed by atoms with van der Waals surface area (Å²) < 4.78 is 42.0. The average Bonchev–Trinajstić information content (AvgIpc) is 3.18. The third-order valence-corrected chi connectivity index (χ3v) is 5.77. The molecule has 1 aromatic carbocycles. The third kappa shape index (κ3) is 3.90. The van der Waals surface area contributed by atoms with Crippen LogP contribution in [-0.4, -0.2) is 52.0 Å². The fourth-order valence-electron chi connectivity index (χ4n) is 2.61. The molecule has 9 heteroatoms. The molecule has 1 saturated heterocycles. The van der Waals surface area contributed by atoms with Gasteiger partial charge in [0.05, 0.1) is 20.3 Å². The lowest BCUT2D eigenvalue weighted by Crippen LogP contribution is -2.40. The Morgan fingerprint density at radius 2 is 1.92 bits per heavy atom. The Hall–Kier alpha value is -2.36. The van der Waals surface area contributed by atoms with Gasteiger partial charge in [-0.25, -0.2) is 8.42 Å². The lowest BCUT2D eigenvalue weighted by molar-refractivity contribution is 0.0722. The van der Waals surface area contributed by atoms with Crippen molar-refractivity contribution < 1.29 is 27.1 Å². The van der Waals surface area contributed by atoms with Crippen molar-refractivity contribution in [2.45, 2.75) is 11.6 Å². The number of nitrogens with one attached hydrogen (secondary N) is 1. The van der Waals surface area contributed by atoms with Crippen molar-refractivity contribution in [1.82, 2.24) is 9.62 Å². The SMILES string of the molecule is COc1ccccc1CNC(=O)c1ccc(S(=O)(=O)N2CCOCC2)o1. The van der Waals surface area contributed by atoms with E-state index in [4.69, 9.17) is 13.9 Å². The maximum absolute atomic E-state index is 12.5. The van der Waals surface area contributed by atoms with Crippen LogP contribution < -0.4 is 10.1 Å². The molecule has 1 N–H and O–H groups in total. The van der Waals surface area contributed by atoms with Gasteiger partial charge in [-0.2, -0.15) is 4.31 Å². The summed E-state index contributed by atoms with van der Waals surface area (Å²) in [7, 11) is -2.21. The smallest absolute Gasteiger partial charge is 0.287 e. The highest BCUT2D eigenvalue weighted by Crippen LogP contribution is 2.20. The Morgan fingerprint density at radius 1 is 1.19 bits per heavy atom. The van der Waals surface area contributed by atoms with Crippen LogP contribution in [0.2, 0.25) is 0 Å². The first-order valence-electron chi connectivity index (χ1n) is 8.10. The molecule has 2 aromatic rings. The first-order chi connectivity index (χ1) is 12.5. The van der Waals surface area contributed by atoms with Crippen molar-refractivity contribution in [3.8, 4) is 5.75 Å². The monoisotopic (exact) mass is 380 g/mol. The number of nitrogens with zero attached hydrogens (tertiary/aromatic N) is 1. The number of carbonyl (C=O) groups excluding carboxylic acids is 1. The van der Waals surface area contributed by atoms with Crippen LogP contribution in [0, 0.1) is 0 Å². The topological polar surface area (TPSA) is 98.1 Å². The lowest BCUT2D eigenvalue weighted by atomic mass is 10.2. The number of sulfonamides is 1. The number of benzene rings is 1. The zero-order chi connectivity index (χ0) is 18.6. The molecule has 1 aliphatic rings. The highest BCUT2D eigenvalue weighted by atomic mass is 32.2. The van der Waals surface area contributed by atoms with Crippen LogP contribution in [0.3, 0.4) is 0 Å². The van der Waals surface area contributed by atoms with Crippen LogP contribution in [0.5, 0.6) is 5.75 Å². The van der Waals surface area contributed by atoms with Gasteiger partial charge in [0.2, 0.25) is 5.09 Å². The first kappa shape index (κ1) is 18.4. The summed E-state index contributed by atoms with van der Waals surface area (Å²) in [5.41, 5.74) is 0.802. The van der Waals surface area contributed by atoms with Crippen LogP contribution in [0.4, 0.5) is 0 Å². The molecule has 0 saturated carbocycles. The molecule has 140 valence electrons. The molecule has 0 atom stereocenters. The third-order valence-electron chi connectivity index (χ3n) is 4.00. The Labute approximate surface area is 151 Å². The van der Waals surface area contributed by atoms with Crippen molar-refractivity contribution in [1.29, 1.82) is 0 Å². The molecule has 3 rings (SSSR count). The summed E-state index contributed by atoms with van der Waals surface area (Å²) >= 11 is 0. The van der Waals surface area contributed by atoms with E-state index in [0.29, 0.717) is 19.0 Å². The van der Waals surface area contributed by atoms with Gasteiger partial charge in [-0.15, -0.1) is 0 Å². The predicted molar refractivity (Wildman–Crippen MR) is 92.5 cm³/mol. The minimum Gasteiger partial charge on any atom is -0.496 e. The van der Waals surface area contributed by atoms with E-state index in [1.807, 2.05) is 18.2 Å². The summed E-state index contributed by atoms with van der Waals surface area (Å²) in [6.45, 7) is 1.43. The van der Waals surface area contributed by atoms with E-state index >= 15 is 0 Å². The van der Waals surface area contributed by atoms with E-state index in [9.17, 15) is 13.2 Å². The van der Waals surface area contributed by atoms with E-state index < -0.39 is 15.9 Å². The average molecular weight is 380 g/mol. The van der Waals surface area contributed by atoms with E-state index in [-0.39, 0.29) is 30.5 Å². The van der Waals surface area contributed by atoms with E-state index in [1.54, 1.807) is 13.2 Å². The largest absolute Gasteiger partial charge is 0.496 e. The number of amides is 1. The molecule has 0 aliphatic carbocycles. The molecule has 1 fully saturated rings. The van der Waals surface area contributed by atoms with Gasteiger partial charge in [-0.3, -0.25) is 4.79 Å². The number of furan rings is 1. The summed E-state index contributed by atoms with van der Waals surface area (Å²) in [4.78, 5) is 12.3. The quantitative estimate of drug-likeness (QED) is 0.810. The molecule has 1 amide bonds. The Morgan fingerprint density at radius 3 is 2.65 bits per heavy atom. The highest BCUT2D eigenvalue weighted by Gasteiger charge is 2.30. The summed E-state index contributed by atoms with van der Waals surface area (Å²) in [6.07, 6.45) is 0. The maximum Gasteiger partial charge on any atom is 0.287 e. The Bertz CT molecular complexity index is 871. The van der Waals surface area contributed by atoms with E-state index in [1.165, 1.54) is 16.4 Å². The van der Waals surface area contributed by atoms with Crippen LogP contribution in [0.15, 0.2) is 45.9 Å². The molecule has 8 nitrogen and oxygen atoms in total. The van der Waals surface area contributed by atoms with Gasteiger partial charge in [0.15, 0.2) is 5.76 Å². The van der Waals surface area contributed by atoms with Gasteiger partial charge in [0.25, 0.3) is 15.9 Å². The van der Waals surface area contributed by atoms with Gasteiger partial charge in [-0.05, 0) is 18.2 Å². The lowest BCUT2D eigenvalue weighted by Gasteiger charge is -2.24. The first-order valence-corrected chi connectivity index (χ1v) is 9.54. The summed E-state index contributed by atoms with van der Waals surface area (Å²) in [6, 6.07) is 9.94. The summed E-state index contributed by atoms with van der Waals surface area (Å²) in [5.74, 6) is 0.0916.